The Morgan fingerprint density at radius 2 is 1.92 bits per heavy atom. The number of fused-ring (bicyclic) bond motifs is 1. The van der Waals surface area contributed by atoms with E-state index in [1.54, 1.807) is 31.4 Å². The Morgan fingerprint density at radius 1 is 1.17 bits per heavy atom. The highest BCUT2D eigenvalue weighted by Crippen LogP contribution is 2.39. The molecule has 4 atom stereocenters. The van der Waals surface area contributed by atoms with Crippen LogP contribution >= 0.6 is 0 Å². The second-order valence-electron chi connectivity index (χ2n) is 7.72. The van der Waals surface area contributed by atoms with Gasteiger partial charge in [0, 0.05) is 5.92 Å². The third-order valence-corrected chi connectivity index (χ3v) is 6.17. The summed E-state index contributed by atoms with van der Waals surface area (Å²) in [7, 11) is 3.99. The summed E-state index contributed by atoms with van der Waals surface area (Å²) in [6, 6.07) is 7.16. The third-order valence-electron chi connectivity index (χ3n) is 6.17. The maximum atomic E-state index is 12.4. The number of rotatable bonds is 4. The molecule has 1 aliphatic heterocycles. The predicted octanol–water partition coefficient (Wildman–Crippen LogP) is 3.51. The summed E-state index contributed by atoms with van der Waals surface area (Å²) < 4.78 is 12.1. The molecule has 0 amide bonds. The largest absolute Gasteiger partial charge is 0.497 e. The minimum Gasteiger partial charge on any atom is -0.497 e. The number of hydrogen-bond acceptors (Lipinski definition) is 3. The van der Waals surface area contributed by atoms with Crippen LogP contribution in [-0.2, 0) is 4.74 Å². The second kappa shape index (κ2) is 7.14. The van der Waals surface area contributed by atoms with Crippen LogP contribution in [0.2, 0.25) is 0 Å². The molecule has 132 valence electrons. The Bertz CT molecular complexity index is 571. The number of ether oxygens (including phenoxy) is 2. The number of carbonyl (C=O) groups is 1. The van der Waals surface area contributed by atoms with Gasteiger partial charge in [0.05, 0.1) is 39.4 Å². The fourth-order valence-corrected chi connectivity index (χ4v) is 4.36. The molecule has 3 rings (SSSR count). The number of esters is 1. The number of methoxy groups -OCH3 is 1. The lowest BCUT2D eigenvalue weighted by Crippen LogP contribution is -2.55. The summed E-state index contributed by atoms with van der Waals surface area (Å²) in [6.07, 6.45) is 4.65. The van der Waals surface area contributed by atoms with Gasteiger partial charge in [-0.2, -0.15) is 0 Å². The molecule has 2 aliphatic rings. The fraction of sp³-hybridized carbons (Fsp3) is 0.650. The molecule has 1 saturated heterocycles. The molecule has 4 unspecified atom stereocenters. The van der Waals surface area contributed by atoms with Crippen molar-refractivity contribution in [3.8, 4) is 5.75 Å². The van der Waals surface area contributed by atoms with Crippen molar-refractivity contribution in [2.75, 3.05) is 33.8 Å². The lowest BCUT2D eigenvalue weighted by molar-refractivity contribution is -0.917. The molecule has 0 aromatic heterocycles. The molecule has 24 heavy (non-hydrogen) atoms. The van der Waals surface area contributed by atoms with Crippen LogP contribution < -0.4 is 4.74 Å². The normalized spacial score (nSPS) is 32.7. The van der Waals surface area contributed by atoms with E-state index in [-0.39, 0.29) is 12.1 Å². The van der Waals surface area contributed by atoms with Crippen molar-refractivity contribution in [2.45, 2.75) is 38.7 Å². The smallest absolute Gasteiger partial charge is 0.338 e. The zero-order valence-electron chi connectivity index (χ0n) is 15.2. The Balaban J connectivity index is 1.58. The number of nitrogens with zero attached hydrogens (tertiary/aromatic N) is 1. The Morgan fingerprint density at radius 3 is 2.58 bits per heavy atom. The van der Waals surface area contributed by atoms with Gasteiger partial charge in [-0.05, 0) is 62.8 Å². The zero-order chi connectivity index (χ0) is 17.2. The van der Waals surface area contributed by atoms with Gasteiger partial charge in [-0.25, -0.2) is 4.79 Å². The monoisotopic (exact) mass is 332 g/mol. The Hall–Kier alpha value is -1.55. The molecular weight excluding hydrogens is 302 g/mol. The number of quaternary nitrogens is 1. The van der Waals surface area contributed by atoms with E-state index in [1.807, 2.05) is 0 Å². The number of carbonyl (C=O) groups excluding carboxylic acids is 1. The molecule has 4 heteroatoms. The summed E-state index contributed by atoms with van der Waals surface area (Å²) in [5.74, 6) is 2.08. The average Bonchev–Trinajstić information content (AvgIpc) is 2.61. The summed E-state index contributed by atoms with van der Waals surface area (Å²) in [5, 5.41) is 0. The third kappa shape index (κ3) is 3.75. The van der Waals surface area contributed by atoms with Gasteiger partial charge in [0.1, 0.15) is 11.9 Å². The number of hydrogen-bond donors (Lipinski definition) is 0. The molecule has 1 aromatic carbocycles. The topological polar surface area (TPSA) is 35.5 Å². The van der Waals surface area contributed by atoms with Crippen LogP contribution in [0.1, 0.15) is 43.0 Å². The molecule has 0 radical (unpaired) electrons. The highest BCUT2D eigenvalue weighted by Gasteiger charge is 2.41. The molecule has 1 saturated carbocycles. The lowest BCUT2D eigenvalue weighted by Gasteiger charge is -2.47. The van der Waals surface area contributed by atoms with Gasteiger partial charge in [0.15, 0.2) is 0 Å². The van der Waals surface area contributed by atoms with Crippen LogP contribution in [0, 0.1) is 11.8 Å². The van der Waals surface area contributed by atoms with Gasteiger partial charge < -0.3 is 14.0 Å². The Kier molecular flexibility index (Phi) is 5.14. The van der Waals surface area contributed by atoms with Gasteiger partial charge in [0.25, 0.3) is 0 Å². The van der Waals surface area contributed by atoms with Gasteiger partial charge in [0.2, 0.25) is 0 Å². The van der Waals surface area contributed by atoms with E-state index >= 15 is 0 Å². The maximum absolute atomic E-state index is 12.4. The fourth-order valence-electron chi connectivity index (χ4n) is 4.36. The molecule has 4 nitrogen and oxygen atoms in total. The standard InChI is InChI=1S/C20H30NO3/c1-4-21(2)12-11-15-5-10-19(13-17(15)14-21)24-20(22)16-6-8-18(23-3)9-7-16/h6-9,15,17,19H,4-5,10-14H2,1-3H3/q+1. The van der Waals surface area contributed by atoms with Crippen LogP contribution in [-0.4, -0.2) is 50.3 Å². The van der Waals surface area contributed by atoms with Crippen molar-refractivity contribution >= 4 is 5.97 Å². The van der Waals surface area contributed by atoms with E-state index in [0.717, 1.165) is 24.5 Å². The van der Waals surface area contributed by atoms with Crippen LogP contribution in [0.3, 0.4) is 0 Å². The first-order valence-electron chi connectivity index (χ1n) is 9.21. The second-order valence-corrected chi connectivity index (χ2v) is 7.72. The highest BCUT2D eigenvalue weighted by atomic mass is 16.5. The minimum atomic E-state index is -0.204. The van der Waals surface area contributed by atoms with Crippen LogP contribution in [0.25, 0.3) is 0 Å². The Labute approximate surface area is 145 Å². The number of piperidine rings is 1. The summed E-state index contributed by atoms with van der Waals surface area (Å²) in [5.41, 5.74) is 0.607. The van der Waals surface area contributed by atoms with Crippen LogP contribution in [0.15, 0.2) is 24.3 Å². The van der Waals surface area contributed by atoms with Crippen molar-refractivity contribution in [1.82, 2.24) is 0 Å². The molecule has 2 fully saturated rings. The van der Waals surface area contributed by atoms with Crippen molar-refractivity contribution in [3.05, 3.63) is 29.8 Å². The van der Waals surface area contributed by atoms with Crippen molar-refractivity contribution in [3.63, 3.8) is 0 Å². The predicted molar refractivity (Wildman–Crippen MR) is 94.1 cm³/mol. The van der Waals surface area contributed by atoms with Crippen molar-refractivity contribution in [2.24, 2.45) is 11.8 Å². The van der Waals surface area contributed by atoms with Crippen LogP contribution in [0.5, 0.6) is 5.75 Å². The first-order chi connectivity index (χ1) is 11.5. The molecule has 1 heterocycles. The van der Waals surface area contributed by atoms with Gasteiger partial charge in [-0.15, -0.1) is 0 Å². The van der Waals surface area contributed by atoms with Gasteiger partial charge in [-0.3, -0.25) is 0 Å². The van der Waals surface area contributed by atoms with E-state index in [9.17, 15) is 4.79 Å². The van der Waals surface area contributed by atoms with E-state index in [0.29, 0.717) is 11.5 Å². The van der Waals surface area contributed by atoms with Gasteiger partial charge >= 0.3 is 5.97 Å². The molecule has 0 spiro atoms. The van der Waals surface area contributed by atoms with Gasteiger partial charge in [-0.1, -0.05) is 0 Å². The van der Waals surface area contributed by atoms with E-state index in [2.05, 4.69) is 14.0 Å². The van der Waals surface area contributed by atoms with E-state index in [1.165, 1.54) is 37.0 Å². The summed E-state index contributed by atoms with van der Waals surface area (Å²) in [6.45, 7) is 6.01. The molecule has 1 aliphatic carbocycles. The first-order valence-corrected chi connectivity index (χ1v) is 9.21. The van der Waals surface area contributed by atoms with Crippen molar-refractivity contribution in [1.29, 1.82) is 0 Å². The molecule has 1 aromatic rings. The molecule has 0 bridgehead atoms. The summed E-state index contributed by atoms with van der Waals surface area (Å²) in [4.78, 5) is 12.4. The summed E-state index contributed by atoms with van der Waals surface area (Å²) >= 11 is 0. The first kappa shape index (κ1) is 17.3. The SMILES string of the molecule is CC[N+]1(C)CCC2CCC(OC(=O)c3ccc(OC)cc3)CC2C1. The zero-order valence-corrected chi connectivity index (χ0v) is 15.2. The number of likely N-dealkylation sites (tertiary alicyclic amines) is 1. The molecule has 0 N–H and O–H groups in total. The van der Waals surface area contributed by atoms with Crippen molar-refractivity contribution < 1.29 is 18.8 Å². The van der Waals surface area contributed by atoms with E-state index < -0.39 is 0 Å². The average molecular weight is 332 g/mol. The quantitative estimate of drug-likeness (QED) is 0.625. The molecular formula is C20H30NO3+. The maximum Gasteiger partial charge on any atom is 0.338 e. The van der Waals surface area contributed by atoms with E-state index in [4.69, 9.17) is 9.47 Å². The minimum absolute atomic E-state index is 0.0734. The number of benzene rings is 1. The highest BCUT2D eigenvalue weighted by molar-refractivity contribution is 5.89. The lowest BCUT2D eigenvalue weighted by atomic mass is 9.73. The van der Waals surface area contributed by atoms with Crippen LogP contribution in [0.4, 0.5) is 0 Å².